The summed E-state index contributed by atoms with van der Waals surface area (Å²) in [6.07, 6.45) is 0. The minimum absolute atomic E-state index is 0.359. The third kappa shape index (κ3) is 3.86. The minimum Gasteiger partial charge on any atom is -0.493 e. The van der Waals surface area contributed by atoms with Gasteiger partial charge in [0.1, 0.15) is 0 Å². The Kier molecular flexibility index (Phi) is 5.81. The van der Waals surface area contributed by atoms with E-state index in [1.165, 1.54) is 26.2 Å². The molecule has 1 amide bonds. The summed E-state index contributed by atoms with van der Waals surface area (Å²) < 4.78 is 15.7. The minimum atomic E-state index is -0.359. The fraction of sp³-hybridized carbons (Fsp3) is 0.294. The van der Waals surface area contributed by atoms with Crippen molar-refractivity contribution in [1.82, 2.24) is 5.43 Å². The first-order valence-electron chi connectivity index (χ1n) is 7.21. The van der Waals surface area contributed by atoms with E-state index in [1.807, 2.05) is 26.0 Å². The maximum atomic E-state index is 12.4. The van der Waals surface area contributed by atoms with E-state index >= 15 is 0 Å². The van der Waals surface area contributed by atoms with Gasteiger partial charge in [-0.3, -0.25) is 4.79 Å². The second-order valence-electron chi connectivity index (χ2n) is 4.96. The molecule has 0 fully saturated rings. The van der Waals surface area contributed by atoms with Crippen LogP contribution in [0.1, 0.15) is 27.0 Å². The molecule has 0 saturated heterocycles. The van der Waals surface area contributed by atoms with Crippen LogP contribution in [0.3, 0.4) is 0 Å². The quantitative estimate of drug-likeness (QED) is 0.643. The molecule has 0 radical (unpaired) electrons. The van der Waals surface area contributed by atoms with Gasteiger partial charge in [0, 0.05) is 10.4 Å². The number of carbonyl (C=O) groups is 1. The van der Waals surface area contributed by atoms with Gasteiger partial charge in [0.2, 0.25) is 5.75 Å². The van der Waals surface area contributed by atoms with Gasteiger partial charge >= 0.3 is 0 Å². The molecule has 6 nitrogen and oxygen atoms in total. The molecule has 0 atom stereocenters. The van der Waals surface area contributed by atoms with Crippen molar-refractivity contribution in [2.75, 3.05) is 21.3 Å². The topological polar surface area (TPSA) is 69.2 Å². The predicted octanol–water partition coefficient (Wildman–Crippen LogP) is 3.24. The van der Waals surface area contributed by atoms with Crippen LogP contribution in [0.4, 0.5) is 0 Å². The fourth-order valence-electron chi connectivity index (χ4n) is 2.10. The Morgan fingerprint density at radius 1 is 1.08 bits per heavy atom. The number of benzene rings is 1. The van der Waals surface area contributed by atoms with Crippen LogP contribution >= 0.6 is 11.3 Å². The van der Waals surface area contributed by atoms with Crippen LogP contribution in [0.25, 0.3) is 0 Å². The smallest absolute Gasteiger partial charge is 0.271 e. The molecule has 0 spiro atoms. The number of aryl methyl sites for hydroxylation is 1. The Bertz CT molecular complexity index is 743. The van der Waals surface area contributed by atoms with Gasteiger partial charge in [-0.1, -0.05) is 0 Å². The van der Waals surface area contributed by atoms with Crippen molar-refractivity contribution >= 4 is 23.0 Å². The van der Waals surface area contributed by atoms with Crippen LogP contribution in [0.15, 0.2) is 29.4 Å². The zero-order valence-corrected chi connectivity index (χ0v) is 15.1. The summed E-state index contributed by atoms with van der Waals surface area (Å²) in [5.41, 5.74) is 3.66. The van der Waals surface area contributed by atoms with Crippen molar-refractivity contribution in [3.8, 4) is 17.2 Å². The van der Waals surface area contributed by atoms with E-state index in [0.29, 0.717) is 22.8 Å². The van der Waals surface area contributed by atoms with Gasteiger partial charge in [-0.15, -0.1) is 11.3 Å². The van der Waals surface area contributed by atoms with Crippen LogP contribution < -0.4 is 19.6 Å². The first-order valence-corrected chi connectivity index (χ1v) is 8.03. The SMILES string of the molecule is COc1cc(C(=O)N/N=C(\C)c2ccc(C)s2)cc(OC)c1OC. The number of hydrogen-bond acceptors (Lipinski definition) is 6. The molecule has 0 bridgehead atoms. The third-order valence-electron chi connectivity index (χ3n) is 3.35. The lowest BCUT2D eigenvalue weighted by Gasteiger charge is -2.13. The summed E-state index contributed by atoms with van der Waals surface area (Å²) in [7, 11) is 4.51. The summed E-state index contributed by atoms with van der Waals surface area (Å²) in [6, 6.07) is 7.15. The first kappa shape index (κ1) is 17.8. The lowest BCUT2D eigenvalue weighted by atomic mass is 10.1. The normalized spacial score (nSPS) is 11.1. The third-order valence-corrected chi connectivity index (χ3v) is 4.46. The Labute approximate surface area is 145 Å². The predicted molar refractivity (Wildman–Crippen MR) is 94.8 cm³/mol. The number of carbonyl (C=O) groups excluding carboxylic acids is 1. The number of thiophene rings is 1. The standard InChI is InChI=1S/C17H20N2O4S/c1-10-6-7-15(24-10)11(2)18-19-17(20)12-8-13(21-3)16(23-5)14(9-12)22-4/h6-9H,1-5H3,(H,19,20)/b18-11+. The highest BCUT2D eigenvalue weighted by molar-refractivity contribution is 7.14. The van der Waals surface area contributed by atoms with Crippen molar-refractivity contribution < 1.29 is 19.0 Å². The number of rotatable bonds is 6. The zero-order chi connectivity index (χ0) is 17.7. The number of ether oxygens (including phenoxy) is 3. The maximum Gasteiger partial charge on any atom is 0.271 e. The molecule has 7 heteroatoms. The highest BCUT2D eigenvalue weighted by atomic mass is 32.1. The molecule has 0 unspecified atom stereocenters. The Morgan fingerprint density at radius 3 is 2.17 bits per heavy atom. The van der Waals surface area contributed by atoms with Gasteiger partial charge in [0.25, 0.3) is 5.91 Å². The molecule has 1 aromatic carbocycles. The lowest BCUT2D eigenvalue weighted by molar-refractivity contribution is 0.0954. The summed E-state index contributed by atoms with van der Waals surface area (Å²) in [4.78, 5) is 14.6. The van der Waals surface area contributed by atoms with Crippen molar-refractivity contribution in [3.63, 3.8) is 0 Å². The van der Waals surface area contributed by atoms with Gasteiger partial charge in [0.05, 0.1) is 31.9 Å². The van der Waals surface area contributed by atoms with Crippen LogP contribution in [0.2, 0.25) is 0 Å². The molecule has 0 aliphatic rings. The van der Waals surface area contributed by atoms with Gasteiger partial charge < -0.3 is 14.2 Å². The molecular weight excluding hydrogens is 328 g/mol. The number of amides is 1. The highest BCUT2D eigenvalue weighted by Gasteiger charge is 2.16. The summed E-state index contributed by atoms with van der Waals surface area (Å²) in [5, 5.41) is 4.15. The van der Waals surface area contributed by atoms with Gasteiger partial charge in [-0.2, -0.15) is 5.10 Å². The molecule has 0 saturated carbocycles. The highest BCUT2D eigenvalue weighted by Crippen LogP contribution is 2.38. The summed E-state index contributed by atoms with van der Waals surface area (Å²) in [5.74, 6) is 0.903. The van der Waals surface area contributed by atoms with Crippen molar-refractivity contribution in [1.29, 1.82) is 0 Å². The second-order valence-corrected chi connectivity index (χ2v) is 6.25. The summed E-state index contributed by atoms with van der Waals surface area (Å²) in [6.45, 7) is 3.87. The number of nitrogens with zero attached hydrogens (tertiary/aromatic N) is 1. The molecule has 128 valence electrons. The second kappa shape index (κ2) is 7.83. The number of nitrogens with one attached hydrogen (secondary N) is 1. The van der Waals surface area contributed by atoms with E-state index in [9.17, 15) is 4.79 Å². The van der Waals surface area contributed by atoms with Crippen LogP contribution in [0.5, 0.6) is 17.2 Å². The van der Waals surface area contributed by atoms with Gasteiger partial charge in [0.15, 0.2) is 11.5 Å². The van der Waals surface area contributed by atoms with Crippen molar-refractivity contribution in [2.45, 2.75) is 13.8 Å². The molecule has 1 heterocycles. The largest absolute Gasteiger partial charge is 0.493 e. The van der Waals surface area contributed by atoms with Gasteiger partial charge in [-0.05, 0) is 38.1 Å². The van der Waals surface area contributed by atoms with E-state index in [-0.39, 0.29) is 5.91 Å². The van der Waals surface area contributed by atoms with Crippen LogP contribution in [-0.2, 0) is 0 Å². The molecular formula is C17H20N2O4S. The zero-order valence-electron chi connectivity index (χ0n) is 14.3. The van der Waals surface area contributed by atoms with E-state index in [2.05, 4.69) is 10.5 Å². The lowest BCUT2D eigenvalue weighted by Crippen LogP contribution is -2.19. The monoisotopic (exact) mass is 348 g/mol. The van der Waals surface area contributed by atoms with Crippen LogP contribution in [-0.4, -0.2) is 32.9 Å². The Hall–Kier alpha value is -2.54. The molecule has 2 aromatic rings. The average Bonchev–Trinajstić information content (AvgIpc) is 3.04. The van der Waals surface area contributed by atoms with E-state index in [4.69, 9.17) is 14.2 Å². The van der Waals surface area contributed by atoms with Crippen molar-refractivity contribution in [2.24, 2.45) is 5.10 Å². The molecule has 1 N–H and O–H groups in total. The molecule has 0 aliphatic carbocycles. The maximum absolute atomic E-state index is 12.4. The molecule has 24 heavy (non-hydrogen) atoms. The van der Waals surface area contributed by atoms with E-state index in [1.54, 1.807) is 23.5 Å². The molecule has 2 rings (SSSR count). The van der Waals surface area contributed by atoms with Crippen LogP contribution in [0, 0.1) is 6.92 Å². The Morgan fingerprint density at radius 2 is 1.71 bits per heavy atom. The van der Waals surface area contributed by atoms with E-state index < -0.39 is 0 Å². The number of methoxy groups -OCH3 is 3. The molecule has 0 aliphatic heterocycles. The first-order chi connectivity index (χ1) is 11.5. The number of hydrazone groups is 1. The molecule has 1 aromatic heterocycles. The summed E-state index contributed by atoms with van der Waals surface area (Å²) >= 11 is 1.62. The fourth-order valence-corrected chi connectivity index (χ4v) is 2.91. The Balaban J connectivity index is 2.23. The van der Waals surface area contributed by atoms with E-state index in [0.717, 1.165) is 10.6 Å². The van der Waals surface area contributed by atoms with Gasteiger partial charge in [-0.25, -0.2) is 5.43 Å². The number of hydrogen-bond donors (Lipinski definition) is 1. The average molecular weight is 348 g/mol. The van der Waals surface area contributed by atoms with Crippen molar-refractivity contribution in [3.05, 3.63) is 39.6 Å².